The Bertz CT molecular complexity index is 3860. The number of benzene rings is 11. The van der Waals surface area contributed by atoms with E-state index in [0.717, 1.165) is 66.5 Å². The summed E-state index contributed by atoms with van der Waals surface area (Å²) in [5, 5.41) is 12.3. The van der Waals surface area contributed by atoms with Gasteiger partial charge in [0.2, 0.25) is 0 Å². The zero-order valence-electron chi connectivity index (χ0n) is 33.7. The first kappa shape index (κ1) is 34.6. The maximum atomic E-state index is 7.21. The van der Waals surface area contributed by atoms with Crippen LogP contribution < -0.4 is 0 Å². The average Bonchev–Trinajstić information content (AvgIpc) is 3.89. The quantitative estimate of drug-likeness (QED) is 0.159. The van der Waals surface area contributed by atoms with Crippen LogP contribution in [0.25, 0.3) is 126 Å². The van der Waals surface area contributed by atoms with E-state index in [1.807, 2.05) is 0 Å². The van der Waals surface area contributed by atoms with Crippen molar-refractivity contribution in [3.05, 3.63) is 224 Å². The second kappa shape index (κ2) is 13.7. The van der Waals surface area contributed by atoms with Crippen molar-refractivity contribution in [2.75, 3.05) is 0 Å². The Hall–Kier alpha value is -8.20. The maximum absolute atomic E-state index is 7.21. The molecular weight excluding hydrogens is 751 g/mol. The van der Waals surface area contributed by atoms with E-state index >= 15 is 0 Å². The van der Waals surface area contributed by atoms with Gasteiger partial charge in [0.1, 0.15) is 11.2 Å². The van der Waals surface area contributed by atoms with Gasteiger partial charge < -0.3 is 8.98 Å². The van der Waals surface area contributed by atoms with Gasteiger partial charge in [0.05, 0.1) is 11.0 Å². The number of nitrogens with zero attached hydrogens (tertiary/aromatic N) is 1. The van der Waals surface area contributed by atoms with Crippen molar-refractivity contribution >= 4 is 76.1 Å². The smallest absolute Gasteiger partial charge is 0.143 e. The molecule has 13 rings (SSSR count). The van der Waals surface area contributed by atoms with Crippen molar-refractivity contribution in [3.8, 4) is 50.2 Å². The van der Waals surface area contributed by atoms with Crippen molar-refractivity contribution in [1.82, 2.24) is 4.57 Å². The first-order valence-corrected chi connectivity index (χ1v) is 21.3. The highest BCUT2D eigenvalue weighted by Gasteiger charge is 2.21. The van der Waals surface area contributed by atoms with E-state index in [4.69, 9.17) is 4.42 Å². The predicted octanol–water partition coefficient (Wildman–Crippen LogP) is 16.8. The lowest BCUT2D eigenvalue weighted by Gasteiger charge is -2.14. The molecule has 2 heterocycles. The molecule has 0 atom stereocenters. The maximum Gasteiger partial charge on any atom is 0.143 e. The minimum Gasteiger partial charge on any atom is -0.455 e. The third-order valence-corrected chi connectivity index (χ3v) is 12.9. The molecule has 11 aromatic carbocycles. The van der Waals surface area contributed by atoms with Gasteiger partial charge in [-0.25, -0.2) is 0 Å². The Morgan fingerprint density at radius 3 is 1.26 bits per heavy atom. The van der Waals surface area contributed by atoms with Gasteiger partial charge in [-0.2, -0.15) is 0 Å². The third kappa shape index (κ3) is 5.30. The molecule has 0 aliphatic rings. The topological polar surface area (TPSA) is 18.1 Å². The highest BCUT2D eigenvalue weighted by atomic mass is 16.3. The van der Waals surface area contributed by atoms with Crippen LogP contribution in [0.15, 0.2) is 229 Å². The van der Waals surface area contributed by atoms with Crippen LogP contribution in [0.3, 0.4) is 0 Å². The second-order valence-electron chi connectivity index (χ2n) is 16.4. The summed E-state index contributed by atoms with van der Waals surface area (Å²) < 4.78 is 9.66. The Kier molecular flexibility index (Phi) is 7.64. The van der Waals surface area contributed by atoms with E-state index in [1.54, 1.807) is 0 Å². The van der Waals surface area contributed by atoms with Crippen LogP contribution in [0.2, 0.25) is 0 Å². The van der Waals surface area contributed by atoms with Crippen molar-refractivity contribution in [2.24, 2.45) is 0 Å². The summed E-state index contributed by atoms with van der Waals surface area (Å²) in [6, 6.07) is 81.7. The molecule has 0 amide bonds. The monoisotopic (exact) mass is 787 g/mol. The van der Waals surface area contributed by atoms with E-state index in [-0.39, 0.29) is 0 Å². The summed E-state index contributed by atoms with van der Waals surface area (Å²) >= 11 is 0. The molecule has 0 fully saturated rings. The van der Waals surface area contributed by atoms with Crippen molar-refractivity contribution in [3.63, 3.8) is 0 Å². The zero-order valence-corrected chi connectivity index (χ0v) is 33.7. The molecule has 2 heteroatoms. The molecule has 0 saturated carbocycles. The molecule has 0 unspecified atom stereocenters. The van der Waals surface area contributed by atoms with Crippen molar-refractivity contribution in [2.45, 2.75) is 0 Å². The number of hydrogen-bond acceptors (Lipinski definition) is 1. The first-order chi connectivity index (χ1) is 30.7. The summed E-state index contributed by atoms with van der Waals surface area (Å²) in [5.74, 6) is 0. The highest BCUT2D eigenvalue weighted by molar-refractivity contribution is 6.26. The normalized spacial score (nSPS) is 11.9. The van der Waals surface area contributed by atoms with Crippen LogP contribution in [-0.4, -0.2) is 4.57 Å². The van der Waals surface area contributed by atoms with Crippen LogP contribution in [-0.2, 0) is 0 Å². The molecule has 0 spiro atoms. The number of para-hydroxylation sites is 1. The predicted molar refractivity (Wildman–Crippen MR) is 262 cm³/mol. The number of rotatable bonds is 5. The lowest BCUT2D eigenvalue weighted by atomic mass is 9.93. The summed E-state index contributed by atoms with van der Waals surface area (Å²) in [6.45, 7) is 0. The van der Waals surface area contributed by atoms with Gasteiger partial charge in [0.25, 0.3) is 0 Å². The second-order valence-corrected chi connectivity index (χ2v) is 16.4. The fourth-order valence-electron chi connectivity index (χ4n) is 10.1. The molecule has 288 valence electrons. The van der Waals surface area contributed by atoms with Gasteiger partial charge in [-0.1, -0.05) is 176 Å². The summed E-state index contributed by atoms with van der Waals surface area (Å²) in [7, 11) is 0. The number of aromatic nitrogens is 1. The van der Waals surface area contributed by atoms with Crippen LogP contribution in [0.4, 0.5) is 0 Å². The molecule has 0 saturated heterocycles. The molecule has 13 aromatic rings. The summed E-state index contributed by atoms with van der Waals surface area (Å²) in [4.78, 5) is 0. The Balaban J connectivity index is 1.10. The molecule has 0 radical (unpaired) electrons. The summed E-state index contributed by atoms with van der Waals surface area (Å²) in [5.41, 5.74) is 14.3. The Morgan fingerprint density at radius 2 is 0.677 bits per heavy atom. The van der Waals surface area contributed by atoms with Gasteiger partial charge >= 0.3 is 0 Å². The van der Waals surface area contributed by atoms with E-state index in [0.29, 0.717) is 0 Å². The lowest BCUT2D eigenvalue weighted by Crippen LogP contribution is -1.95. The van der Waals surface area contributed by atoms with Crippen molar-refractivity contribution < 1.29 is 4.42 Å². The number of hydrogen-bond donors (Lipinski definition) is 0. The molecule has 62 heavy (non-hydrogen) atoms. The van der Waals surface area contributed by atoms with Crippen LogP contribution in [0, 0.1) is 0 Å². The number of fused-ring (bicyclic) bond motifs is 12. The number of furan rings is 1. The van der Waals surface area contributed by atoms with Crippen LogP contribution >= 0.6 is 0 Å². The van der Waals surface area contributed by atoms with Crippen LogP contribution in [0.1, 0.15) is 0 Å². The fourth-order valence-corrected chi connectivity index (χ4v) is 10.1. The minimum absolute atomic E-state index is 0.883. The van der Waals surface area contributed by atoms with E-state index < -0.39 is 0 Å². The van der Waals surface area contributed by atoms with Gasteiger partial charge in [-0.05, 0) is 114 Å². The largest absolute Gasteiger partial charge is 0.455 e. The molecule has 0 aliphatic heterocycles. The SMILES string of the molecule is c1ccc(-c2cc(-c3ccccc3)c3oc4c(-c5ccc6c7ccccc7n(-c7ccc8c9ccccc9c9ccccc9c8c7)c6c5)cc(-c5ccccc5)cc4c3c2)cc1. The molecule has 0 bridgehead atoms. The summed E-state index contributed by atoms with van der Waals surface area (Å²) in [6.07, 6.45) is 0. The third-order valence-electron chi connectivity index (χ3n) is 12.9. The fraction of sp³-hybridized carbons (Fsp3) is 0. The standard InChI is InChI=1S/C60H37NO/c1-4-16-38(17-5-1)42-32-52(40-20-8-3-9-21-40)59-55(34-42)56-35-43(39-18-6-2-7-19-39)33-53(60(56)62-59)41-28-30-51-50-26-14-15-27-57(50)61(58(51)36-41)44-29-31-49-47-24-11-10-22-45(47)46-23-12-13-25-48(46)54(49)37-44/h1-37H. The average molecular weight is 788 g/mol. The van der Waals surface area contributed by atoms with Gasteiger partial charge in [-0.3, -0.25) is 0 Å². The molecule has 2 nitrogen and oxygen atoms in total. The molecule has 0 N–H and O–H groups in total. The van der Waals surface area contributed by atoms with Gasteiger partial charge in [-0.15, -0.1) is 0 Å². The first-order valence-electron chi connectivity index (χ1n) is 21.3. The molecule has 0 aliphatic carbocycles. The zero-order chi connectivity index (χ0) is 40.7. The van der Waals surface area contributed by atoms with Crippen molar-refractivity contribution in [1.29, 1.82) is 0 Å². The van der Waals surface area contributed by atoms with E-state index in [2.05, 4.69) is 229 Å². The van der Waals surface area contributed by atoms with E-state index in [1.165, 1.54) is 59.7 Å². The molecule has 2 aromatic heterocycles. The Labute approximate surface area is 358 Å². The van der Waals surface area contributed by atoms with Gasteiger partial charge in [0.15, 0.2) is 0 Å². The van der Waals surface area contributed by atoms with Crippen LogP contribution in [0.5, 0.6) is 0 Å². The van der Waals surface area contributed by atoms with Gasteiger partial charge in [0, 0.05) is 38.4 Å². The lowest BCUT2D eigenvalue weighted by molar-refractivity contribution is 0.671. The Morgan fingerprint density at radius 1 is 0.242 bits per heavy atom. The molecular formula is C60H37NO. The highest BCUT2D eigenvalue weighted by Crippen LogP contribution is 2.46. The minimum atomic E-state index is 0.883. The van der Waals surface area contributed by atoms with E-state index in [9.17, 15) is 0 Å².